The summed E-state index contributed by atoms with van der Waals surface area (Å²) < 4.78 is 11.4. The van der Waals surface area contributed by atoms with Gasteiger partial charge in [0.2, 0.25) is 0 Å². The fourth-order valence-electron chi connectivity index (χ4n) is 3.20. The van der Waals surface area contributed by atoms with E-state index >= 15 is 0 Å². The minimum absolute atomic E-state index is 0.0640. The molecule has 0 spiro atoms. The van der Waals surface area contributed by atoms with Crippen molar-refractivity contribution >= 4 is 29.2 Å². The van der Waals surface area contributed by atoms with Crippen molar-refractivity contribution in [2.24, 2.45) is 5.41 Å². The summed E-state index contributed by atoms with van der Waals surface area (Å²) in [7, 11) is 0. The molecule has 0 aromatic heterocycles. The highest BCUT2D eigenvalue weighted by Crippen LogP contribution is 2.73. The number of allylic oxidation sites excluding steroid dienone is 1. The maximum Gasteiger partial charge on any atom is 0.316 e. The van der Waals surface area contributed by atoms with Gasteiger partial charge in [-0.2, -0.15) is 0 Å². The van der Waals surface area contributed by atoms with Crippen LogP contribution in [0.1, 0.15) is 19.4 Å². The normalized spacial score (nSPS) is 29.7. The second-order valence-electron chi connectivity index (χ2n) is 6.64. The van der Waals surface area contributed by atoms with E-state index in [2.05, 4.69) is 6.58 Å². The molecule has 2 aromatic rings. The first-order chi connectivity index (χ1) is 12.3. The van der Waals surface area contributed by atoms with Gasteiger partial charge >= 0.3 is 5.97 Å². The first-order valence-corrected chi connectivity index (χ1v) is 9.03. The molecule has 0 amide bonds. The molecule has 136 valence electrons. The summed E-state index contributed by atoms with van der Waals surface area (Å²) in [6.07, 6.45) is 1.51. The van der Waals surface area contributed by atoms with Crippen LogP contribution in [0.25, 0.3) is 0 Å². The average Bonchev–Trinajstić information content (AvgIpc) is 3.01. The molecule has 3 rings (SSSR count). The van der Waals surface area contributed by atoms with Crippen LogP contribution in [0, 0.1) is 5.41 Å². The third kappa shape index (κ3) is 2.70. The van der Waals surface area contributed by atoms with Gasteiger partial charge in [0.25, 0.3) is 0 Å². The smallest absolute Gasteiger partial charge is 0.316 e. The molecule has 1 fully saturated rings. The van der Waals surface area contributed by atoms with Gasteiger partial charge in [0.1, 0.15) is 23.5 Å². The highest BCUT2D eigenvalue weighted by atomic mass is 35.5. The van der Waals surface area contributed by atoms with Gasteiger partial charge in [-0.05, 0) is 32.0 Å². The van der Waals surface area contributed by atoms with E-state index in [1.165, 1.54) is 6.08 Å². The van der Waals surface area contributed by atoms with Gasteiger partial charge in [0, 0.05) is 5.56 Å². The molecular formula is C21H20Cl2O3. The highest BCUT2D eigenvalue weighted by molar-refractivity contribution is 6.44. The third-order valence-electron chi connectivity index (χ3n) is 5.28. The molecule has 1 aliphatic carbocycles. The van der Waals surface area contributed by atoms with Crippen LogP contribution in [0.4, 0.5) is 0 Å². The van der Waals surface area contributed by atoms with Gasteiger partial charge < -0.3 is 9.47 Å². The molecule has 0 bridgehead atoms. The largest absolute Gasteiger partial charge is 0.460 e. The van der Waals surface area contributed by atoms with Gasteiger partial charge in [0.15, 0.2) is 0 Å². The standard InChI is InChI=1S/C21H20Cl2O3/c1-4-21(23)19(2,20(21,3)22)18(24)25-14-15-10-8-9-13-17(15)26-16-11-6-5-7-12-16/h4-13H,1,14H2,2-3H3. The number of carbonyl (C=O) groups excluding carboxylic acids is 1. The molecule has 0 aliphatic heterocycles. The van der Waals surface area contributed by atoms with Crippen molar-refractivity contribution in [3.63, 3.8) is 0 Å². The van der Waals surface area contributed by atoms with Crippen LogP contribution in [-0.2, 0) is 16.1 Å². The summed E-state index contributed by atoms with van der Waals surface area (Å²) in [5, 5.41) is 0. The SMILES string of the molecule is C=CC1(Cl)C(C)(Cl)C1(C)C(=O)OCc1ccccc1Oc1ccccc1. The Hall–Kier alpha value is -1.97. The first kappa shape index (κ1) is 18.8. The number of halogens is 2. The Labute approximate surface area is 163 Å². The van der Waals surface area contributed by atoms with Crippen molar-refractivity contribution in [3.8, 4) is 11.5 Å². The molecule has 0 N–H and O–H groups in total. The Bertz CT molecular complexity index is 834. The lowest BCUT2D eigenvalue weighted by Gasteiger charge is -2.15. The summed E-state index contributed by atoms with van der Waals surface area (Å²) in [6.45, 7) is 7.18. The molecular weight excluding hydrogens is 371 g/mol. The molecule has 1 aliphatic rings. The molecule has 0 radical (unpaired) electrons. The lowest BCUT2D eigenvalue weighted by molar-refractivity contribution is -0.151. The predicted octanol–water partition coefficient (Wildman–Crippen LogP) is 5.70. The molecule has 3 nitrogen and oxygen atoms in total. The van der Waals surface area contributed by atoms with Gasteiger partial charge in [-0.15, -0.1) is 29.8 Å². The summed E-state index contributed by atoms with van der Waals surface area (Å²) in [4.78, 5) is 10.7. The molecule has 3 unspecified atom stereocenters. The van der Waals surface area contributed by atoms with E-state index in [4.69, 9.17) is 32.7 Å². The predicted molar refractivity (Wildman–Crippen MR) is 104 cm³/mol. The number of ether oxygens (including phenoxy) is 2. The van der Waals surface area contributed by atoms with Crippen molar-refractivity contribution in [1.29, 1.82) is 0 Å². The fraction of sp³-hybridized carbons (Fsp3) is 0.286. The summed E-state index contributed by atoms with van der Waals surface area (Å²) in [5.74, 6) is 0.876. The van der Waals surface area contributed by atoms with Gasteiger partial charge in [-0.3, -0.25) is 4.79 Å². The minimum atomic E-state index is -1.04. The minimum Gasteiger partial charge on any atom is -0.460 e. The zero-order valence-electron chi connectivity index (χ0n) is 14.7. The monoisotopic (exact) mass is 390 g/mol. The second kappa shape index (κ2) is 6.64. The van der Waals surface area contributed by atoms with Gasteiger partial charge in [-0.25, -0.2) is 0 Å². The van der Waals surface area contributed by atoms with Crippen LogP contribution < -0.4 is 4.74 Å². The van der Waals surface area contributed by atoms with E-state index in [9.17, 15) is 4.79 Å². The number of hydrogen-bond acceptors (Lipinski definition) is 3. The third-order valence-corrected chi connectivity index (χ3v) is 6.96. The van der Waals surface area contributed by atoms with Gasteiger partial charge in [-0.1, -0.05) is 42.5 Å². The molecule has 3 atom stereocenters. The van der Waals surface area contributed by atoms with Gasteiger partial charge in [0.05, 0.1) is 9.75 Å². The van der Waals surface area contributed by atoms with Crippen LogP contribution >= 0.6 is 23.2 Å². The van der Waals surface area contributed by atoms with Crippen LogP contribution in [-0.4, -0.2) is 15.7 Å². The molecule has 2 aromatic carbocycles. The molecule has 5 heteroatoms. The Balaban J connectivity index is 1.73. The van der Waals surface area contributed by atoms with Crippen molar-refractivity contribution in [1.82, 2.24) is 0 Å². The number of esters is 1. The van der Waals surface area contributed by atoms with E-state index in [0.29, 0.717) is 11.5 Å². The van der Waals surface area contributed by atoms with Crippen molar-refractivity contribution < 1.29 is 14.3 Å². The van der Waals surface area contributed by atoms with Crippen LogP contribution in [0.2, 0.25) is 0 Å². The lowest BCUT2D eigenvalue weighted by atomic mass is 10.1. The quantitative estimate of drug-likeness (QED) is 0.360. The Morgan fingerprint density at radius 1 is 1.08 bits per heavy atom. The first-order valence-electron chi connectivity index (χ1n) is 8.27. The number of rotatable bonds is 6. The number of para-hydroxylation sites is 2. The van der Waals surface area contributed by atoms with E-state index in [0.717, 1.165) is 5.56 Å². The Morgan fingerprint density at radius 2 is 1.69 bits per heavy atom. The topological polar surface area (TPSA) is 35.5 Å². The van der Waals surface area contributed by atoms with Crippen LogP contribution in [0.3, 0.4) is 0 Å². The highest BCUT2D eigenvalue weighted by Gasteiger charge is 2.85. The Morgan fingerprint density at radius 3 is 2.31 bits per heavy atom. The number of carbonyl (C=O) groups is 1. The maximum atomic E-state index is 12.7. The van der Waals surface area contributed by atoms with E-state index in [1.807, 2.05) is 54.6 Å². The lowest BCUT2D eigenvalue weighted by Crippen LogP contribution is -2.24. The van der Waals surface area contributed by atoms with Crippen LogP contribution in [0.5, 0.6) is 11.5 Å². The molecule has 1 saturated carbocycles. The second-order valence-corrected chi connectivity index (χ2v) is 7.99. The number of alkyl halides is 2. The van der Waals surface area contributed by atoms with E-state index in [1.54, 1.807) is 13.8 Å². The number of hydrogen-bond donors (Lipinski definition) is 0. The molecule has 0 saturated heterocycles. The maximum absolute atomic E-state index is 12.7. The van der Waals surface area contributed by atoms with Crippen molar-refractivity contribution in [2.45, 2.75) is 30.2 Å². The molecule has 26 heavy (non-hydrogen) atoms. The Kier molecular flexibility index (Phi) is 4.80. The zero-order valence-corrected chi connectivity index (χ0v) is 16.2. The van der Waals surface area contributed by atoms with E-state index in [-0.39, 0.29) is 6.61 Å². The summed E-state index contributed by atoms with van der Waals surface area (Å²) in [5.41, 5.74) is -0.288. The zero-order chi connectivity index (χ0) is 19.0. The van der Waals surface area contributed by atoms with Crippen molar-refractivity contribution in [3.05, 3.63) is 72.8 Å². The van der Waals surface area contributed by atoms with E-state index < -0.39 is 21.1 Å². The van der Waals surface area contributed by atoms with Crippen LogP contribution in [0.15, 0.2) is 67.3 Å². The number of benzene rings is 2. The molecule has 0 heterocycles. The summed E-state index contributed by atoms with van der Waals surface area (Å²) in [6, 6.07) is 16.8. The van der Waals surface area contributed by atoms with Crippen molar-refractivity contribution in [2.75, 3.05) is 0 Å². The average molecular weight is 391 g/mol. The fourth-order valence-corrected chi connectivity index (χ4v) is 4.10. The summed E-state index contributed by atoms with van der Waals surface area (Å²) >= 11 is 12.9.